The quantitative estimate of drug-likeness (QED) is 0.0182. The first-order valence-corrected chi connectivity index (χ1v) is 27.5. The lowest BCUT2D eigenvalue weighted by atomic mass is 9.80. The van der Waals surface area contributed by atoms with Crippen LogP contribution in [0.2, 0.25) is 15.5 Å². The largest absolute Gasteiger partial charge is 0.488 e. The number of ether oxygens (including phenoxy) is 3. The summed E-state index contributed by atoms with van der Waals surface area (Å²) in [4.78, 5) is 48.3. The molecule has 3 aromatic heterocycles. The average Bonchev–Trinajstić information content (AvgIpc) is 2.38. The van der Waals surface area contributed by atoms with Crippen molar-refractivity contribution >= 4 is 71.0 Å². The van der Waals surface area contributed by atoms with E-state index >= 15 is 0 Å². The van der Waals surface area contributed by atoms with E-state index in [-0.39, 0.29) is 69.6 Å². The van der Waals surface area contributed by atoms with Gasteiger partial charge >= 0.3 is 37.1 Å². The van der Waals surface area contributed by atoms with Gasteiger partial charge in [0.25, 0.3) is 0 Å². The maximum absolute atomic E-state index is 13.7. The minimum atomic E-state index is -1.62. The van der Waals surface area contributed by atoms with Crippen LogP contribution in [-0.4, -0.2) is 110 Å². The Labute approximate surface area is 543 Å². The molecule has 9 rings (SSSR count). The van der Waals surface area contributed by atoms with Gasteiger partial charge in [-0.05, 0) is 103 Å². The maximum Gasteiger partial charge on any atom is 0.488 e. The summed E-state index contributed by atoms with van der Waals surface area (Å²) >= 11 is 16.8. The monoisotopic (exact) mass is 1350 g/mol. The van der Waals surface area contributed by atoms with Gasteiger partial charge in [0, 0.05) is 61.1 Å². The Morgan fingerprint density at radius 1 is 0.516 bits per heavy atom. The van der Waals surface area contributed by atoms with Gasteiger partial charge in [0.2, 0.25) is 6.54 Å². The van der Waals surface area contributed by atoms with Gasteiger partial charge in [0.15, 0.2) is 0 Å². The van der Waals surface area contributed by atoms with Crippen LogP contribution in [-0.2, 0) is 25.8 Å². The van der Waals surface area contributed by atoms with Gasteiger partial charge in [-0.15, -0.1) is 0 Å². The minimum absolute atomic E-state index is 0. The van der Waals surface area contributed by atoms with Crippen LogP contribution in [0.3, 0.4) is 0 Å². The van der Waals surface area contributed by atoms with Crippen LogP contribution in [0.5, 0.6) is 18.0 Å². The van der Waals surface area contributed by atoms with Crippen molar-refractivity contribution in [2.75, 3.05) is 51.6 Å². The summed E-state index contributed by atoms with van der Waals surface area (Å²) in [6.07, 6.45) is 1.16. The molecule has 0 amide bonds. The molecule has 0 aliphatic carbocycles. The average molecular weight is 1360 g/mol. The highest BCUT2D eigenvalue weighted by molar-refractivity contribution is 6.58. The molecule has 0 aliphatic rings. The molecule has 0 saturated heterocycles. The van der Waals surface area contributed by atoms with E-state index in [2.05, 4.69) is 50.1 Å². The smallest absolute Gasteiger partial charge is 0.478 e. The van der Waals surface area contributed by atoms with Gasteiger partial charge in [-0.2, -0.15) is 29.9 Å². The van der Waals surface area contributed by atoms with Crippen LogP contribution in [0, 0.1) is 53.1 Å². The van der Waals surface area contributed by atoms with Crippen LogP contribution in [0.25, 0.3) is 16.1 Å². The number of rotatable bonds is 18. The number of carbonyl (C=O) groups is 2. The third kappa shape index (κ3) is 27.7. The molecule has 0 unspecified atom stereocenters. The number of hydrogen-bond acceptors (Lipinski definition) is 16. The van der Waals surface area contributed by atoms with Gasteiger partial charge in [-0.3, -0.25) is 0 Å². The first-order chi connectivity index (χ1) is 43.8. The fourth-order valence-electron chi connectivity index (χ4n) is 7.15. The van der Waals surface area contributed by atoms with Gasteiger partial charge < -0.3 is 55.7 Å². The summed E-state index contributed by atoms with van der Waals surface area (Å²) in [6, 6.07) is 30.5. The normalized spacial score (nSPS) is 9.94. The van der Waals surface area contributed by atoms with Crippen LogP contribution >= 0.6 is 34.8 Å². The first kappa shape index (κ1) is 77.5. The number of aromatic carboxylic acids is 2. The highest BCUT2D eigenvalue weighted by Crippen LogP contribution is 2.24. The molecule has 0 spiro atoms. The zero-order valence-corrected chi connectivity index (χ0v) is 50.8. The number of carboxylic acid groups (broad SMARTS) is 2. The molecule has 0 aliphatic heterocycles. The lowest BCUT2D eigenvalue weighted by molar-refractivity contribution is 0.0686. The van der Waals surface area contributed by atoms with Crippen LogP contribution in [0.1, 0.15) is 50.4 Å². The number of methoxy groups -OCH3 is 3. The molecule has 93 heavy (non-hydrogen) atoms. The standard InChI is InChI=1S/C20H17F2N3O3.C13H12ClF2N3O.C8H5F2N.C8H9F2N.C7H7BO4.C5H4Cl2N2O.CH4/c1-28-20-24-17(13-3-2-4-14(9-13)19(26)27)11-18(25-20)23-8-7-12-5-6-15(21)10-16(12)22;1-20-13-18-11(14)7-12(19-13)17-5-4-8-2-3-9(15)6-10(8)16;1-11-5-6-2-3-7(9)4-8(6)10;9-7-2-1-6(3-4-11)8(10)5-7;9-7(10)5-2-1-3-6(4-5)8(11)12;1-10-5-8-3(6)2-4(7)9-5;/h2-6,9-11H,7-8H2,1H3,(H,26,27)(H,23,24,25);2-3,6-7H,4-5H2,1H3,(H,17,18,19);2-4H,5H2;1-2,5H,3-4,11H2;1-4,11-12H,(H,9,10);2H,1H3;1H4. The van der Waals surface area contributed by atoms with E-state index in [1.165, 1.54) is 112 Å². The first-order valence-electron chi connectivity index (χ1n) is 26.4. The zero-order valence-electron chi connectivity index (χ0n) is 48.5. The molecule has 3 heterocycles. The summed E-state index contributed by atoms with van der Waals surface area (Å²) in [5, 5.41) is 41.9. The number of nitrogens with one attached hydrogen (secondary N) is 2. The minimum Gasteiger partial charge on any atom is -0.478 e. The Kier molecular flexibility index (Phi) is 33.5. The predicted octanol–water partition coefficient (Wildman–Crippen LogP) is 12.2. The number of aromatic nitrogens is 6. The topological polar surface area (TPSA) is 275 Å². The molecule has 8 N–H and O–H groups in total. The lowest BCUT2D eigenvalue weighted by Crippen LogP contribution is -2.30. The van der Waals surface area contributed by atoms with Crippen molar-refractivity contribution < 1.29 is 79.2 Å². The van der Waals surface area contributed by atoms with Crippen molar-refractivity contribution in [3.63, 3.8) is 0 Å². The number of anilines is 2. The summed E-state index contributed by atoms with van der Waals surface area (Å²) in [5.74, 6) is -5.93. The van der Waals surface area contributed by atoms with Gasteiger partial charge in [-0.25, -0.2) is 51.3 Å². The highest BCUT2D eigenvalue weighted by Gasteiger charge is 2.14. The van der Waals surface area contributed by atoms with E-state index in [0.29, 0.717) is 78.5 Å². The third-order valence-corrected chi connectivity index (χ3v) is 12.1. The van der Waals surface area contributed by atoms with E-state index in [1.807, 2.05) is 0 Å². The van der Waals surface area contributed by atoms with Crippen molar-refractivity contribution in [1.82, 2.24) is 29.9 Å². The molecule has 0 radical (unpaired) electrons. The van der Waals surface area contributed by atoms with E-state index < -0.39 is 65.6 Å². The second-order valence-electron chi connectivity index (χ2n) is 18.0. The SMILES string of the molecule is C.COc1nc(Cl)cc(Cl)n1.COc1nc(Cl)cc(NCCc2ccc(F)cc2F)n1.COc1nc(NCCc2ccc(F)cc2F)cc(-c2cccc(C(=O)O)c2)n1.NCCc1ccc(F)cc1F.O=C(O)c1cccc(B(O)O)c1.[C-]#[N+]Cc1ccc(F)cc1F. The molecule has 0 bridgehead atoms. The molecular formula is C62H58BCl3F8N10O9. The molecular weight excluding hydrogens is 1300 g/mol. The van der Waals surface area contributed by atoms with Gasteiger partial charge in [-0.1, -0.05) is 84.7 Å². The summed E-state index contributed by atoms with van der Waals surface area (Å²) < 4.78 is 118. The molecule has 0 saturated carbocycles. The number of benzene rings is 6. The second kappa shape index (κ2) is 40.2. The molecule has 490 valence electrons. The third-order valence-electron chi connectivity index (χ3n) is 11.5. The van der Waals surface area contributed by atoms with E-state index in [9.17, 15) is 44.7 Å². The molecule has 6 aromatic carbocycles. The van der Waals surface area contributed by atoms with E-state index in [4.69, 9.17) is 76.8 Å². The van der Waals surface area contributed by atoms with Crippen molar-refractivity contribution in [3.8, 4) is 29.3 Å². The molecule has 0 atom stereocenters. The predicted molar refractivity (Wildman–Crippen MR) is 336 cm³/mol. The fraction of sp³-hybridized carbons (Fsp3) is 0.177. The van der Waals surface area contributed by atoms with Gasteiger partial charge in [0.1, 0.15) is 73.6 Å². The Morgan fingerprint density at radius 3 is 1.31 bits per heavy atom. The van der Waals surface area contributed by atoms with Gasteiger partial charge in [0.05, 0.1) is 43.7 Å². The lowest BCUT2D eigenvalue weighted by Gasteiger charge is -2.10. The zero-order chi connectivity index (χ0) is 67.9. The molecule has 31 heteroatoms. The number of nitrogens with two attached hydrogens (primary N) is 1. The van der Waals surface area contributed by atoms with Crippen LogP contribution in [0.15, 0.2) is 140 Å². The van der Waals surface area contributed by atoms with Crippen LogP contribution < -0.4 is 36.0 Å². The number of carboxylic acids is 2. The Hall–Kier alpha value is -9.76. The van der Waals surface area contributed by atoms with Crippen molar-refractivity contribution in [2.45, 2.75) is 33.2 Å². The molecule has 19 nitrogen and oxygen atoms in total. The summed E-state index contributed by atoms with van der Waals surface area (Å²) in [7, 11) is 2.68. The number of nitrogens with zero attached hydrogens (tertiary/aromatic N) is 7. The second-order valence-corrected chi connectivity index (χ2v) is 19.2. The van der Waals surface area contributed by atoms with E-state index in [1.54, 1.807) is 18.2 Å². The Morgan fingerprint density at radius 2 is 0.903 bits per heavy atom. The maximum atomic E-state index is 13.7. The van der Waals surface area contributed by atoms with Crippen molar-refractivity contribution in [3.05, 3.63) is 246 Å². The number of halogens is 11. The molecule has 0 fully saturated rings. The summed E-state index contributed by atoms with van der Waals surface area (Å²) in [6.45, 7) is 7.56. The van der Waals surface area contributed by atoms with Crippen molar-refractivity contribution in [1.29, 1.82) is 0 Å². The highest BCUT2D eigenvalue weighted by atomic mass is 35.5. The van der Waals surface area contributed by atoms with Crippen molar-refractivity contribution in [2.24, 2.45) is 5.73 Å². The number of hydrogen-bond donors (Lipinski definition) is 7. The Balaban J connectivity index is 0.000000305. The fourth-order valence-corrected chi connectivity index (χ4v) is 7.74. The summed E-state index contributed by atoms with van der Waals surface area (Å²) in [5.41, 5.74) is 8.13. The van der Waals surface area contributed by atoms with Crippen LogP contribution in [0.4, 0.5) is 46.8 Å². The van der Waals surface area contributed by atoms with E-state index in [0.717, 1.165) is 30.3 Å². The molecule has 9 aromatic rings. The Bertz CT molecular complexity index is 3930.